The van der Waals surface area contributed by atoms with Crippen LogP contribution < -0.4 is 21.7 Å². The van der Waals surface area contributed by atoms with Crippen molar-refractivity contribution in [1.29, 1.82) is 0 Å². The first-order valence-corrected chi connectivity index (χ1v) is 10.5. The molecule has 0 saturated heterocycles. The van der Waals surface area contributed by atoms with Crippen molar-refractivity contribution in [2.45, 2.75) is 26.4 Å². The smallest absolute Gasteiger partial charge is 0.251 e. The third-order valence-electron chi connectivity index (χ3n) is 5.02. The Hall–Kier alpha value is -3.88. The molecular weight excluding hydrogens is 406 g/mol. The number of para-hydroxylation sites is 2. The van der Waals surface area contributed by atoms with E-state index in [4.69, 9.17) is 5.73 Å². The van der Waals surface area contributed by atoms with Gasteiger partial charge >= 0.3 is 0 Å². The van der Waals surface area contributed by atoms with E-state index in [1.165, 1.54) is 0 Å². The van der Waals surface area contributed by atoms with Crippen molar-refractivity contribution in [1.82, 2.24) is 25.5 Å². The van der Waals surface area contributed by atoms with Gasteiger partial charge < -0.3 is 26.3 Å². The summed E-state index contributed by atoms with van der Waals surface area (Å²) in [5.41, 5.74) is 8.68. The van der Waals surface area contributed by atoms with Crippen LogP contribution in [0, 0.1) is 6.92 Å². The van der Waals surface area contributed by atoms with Crippen LogP contribution >= 0.6 is 0 Å². The molecule has 0 aliphatic carbocycles. The molecule has 1 aromatic heterocycles. The van der Waals surface area contributed by atoms with Gasteiger partial charge in [-0.15, -0.1) is 0 Å². The Balaban J connectivity index is 1.43. The summed E-state index contributed by atoms with van der Waals surface area (Å²) in [5.74, 6) is 0.814. The van der Waals surface area contributed by atoms with E-state index in [1.807, 2.05) is 37.3 Å². The number of amides is 2. The summed E-state index contributed by atoms with van der Waals surface area (Å²) >= 11 is 0. The largest absolute Gasteiger partial charge is 0.368 e. The van der Waals surface area contributed by atoms with E-state index in [1.54, 1.807) is 19.2 Å². The fraction of sp³-hybridized carbons (Fsp3) is 0.304. The number of imidazole rings is 1. The summed E-state index contributed by atoms with van der Waals surface area (Å²) in [4.78, 5) is 31.6. The van der Waals surface area contributed by atoms with Crippen LogP contribution in [-0.4, -0.2) is 47.5 Å². The molecule has 0 aliphatic rings. The third kappa shape index (κ3) is 6.07. The highest BCUT2D eigenvalue weighted by Crippen LogP contribution is 2.15. The molecule has 9 heteroatoms. The average Bonchev–Trinajstić information content (AvgIpc) is 3.12. The summed E-state index contributed by atoms with van der Waals surface area (Å²) in [5, 5.41) is 9.06. The number of aromatic nitrogens is 2. The van der Waals surface area contributed by atoms with Crippen molar-refractivity contribution in [2.24, 2.45) is 10.7 Å². The quantitative estimate of drug-likeness (QED) is 0.229. The number of carbonyl (C=O) groups is 2. The van der Waals surface area contributed by atoms with Crippen LogP contribution in [0.5, 0.6) is 0 Å². The van der Waals surface area contributed by atoms with Gasteiger partial charge in [0.15, 0.2) is 5.96 Å². The standard InChI is InChI=1S/C23H29N7O2/c1-16-29-19-6-3-4-7-20(19)30(16)13-5-12-26-23(25-2)28-14-17-8-10-18(11-9-17)22(32)27-15-21(24)31/h3-4,6-11H,5,12-15H2,1-2H3,(H2,24,31)(H,27,32)(H2,25,26,28). The molecule has 2 amide bonds. The molecule has 1 heterocycles. The maximum Gasteiger partial charge on any atom is 0.251 e. The normalized spacial score (nSPS) is 11.4. The maximum absolute atomic E-state index is 11.9. The number of nitrogens with one attached hydrogen (secondary N) is 3. The lowest BCUT2D eigenvalue weighted by Gasteiger charge is -2.13. The first-order valence-electron chi connectivity index (χ1n) is 10.5. The van der Waals surface area contributed by atoms with E-state index in [-0.39, 0.29) is 12.5 Å². The van der Waals surface area contributed by atoms with Crippen molar-refractivity contribution >= 4 is 28.8 Å². The minimum absolute atomic E-state index is 0.180. The molecule has 3 rings (SSSR count). The maximum atomic E-state index is 11.9. The number of carbonyl (C=O) groups excluding carboxylic acids is 2. The zero-order valence-corrected chi connectivity index (χ0v) is 18.4. The van der Waals surface area contributed by atoms with Gasteiger partial charge in [-0.2, -0.15) is 0 Å². The van der Waals surface area contributed by atoms with Gasteiger partial charge in [0, 0.05) is 32.2 Å². The van der Waals surface area contributed by atoms with Crippen LogP contribution in [0.15, 0.2) is 53.5 Å². The predicted molar refractivity (Wildman–Crippen MR) is 125 cm³/mol. The number of guanidine groups is 1. The molecule has 32 heavy (non-hydrogen) atoms. The molecule has 0 aliphatic heterocycles. The molecule has 0 spiro atoms. The van der Waals surface area contributed by atoms with Crippen LogP contribution in [0.1, 0.15) is 28.2 Å². The molecule has 0 atom stereocenters. The molecule has 0 bridgehead atoms. The number of primary amides is 1. The van der Waals surface area contributed by atoms with E-state index >= 15 is 0 Å². The molecule has 5 N–H and O–H groups in total. The fourth-order valence-electron chi connectivity index (χ4n) is 3.37. The summed E-state index contributed by atoms with van der Waals surface area (Å²) in [6.45, 7) is 4.05. The minimum Gasteiger partial charge on any atom is -0.368 e. The Labute approximate surface area is 187 Å². The van der Waals surface area contributed by atoms with Crippen LogP contribution in [0.2, 0.25) is 0 Å². The number of nitrogens with zero attached hydrogens (tertiary/aromatic N) is 3. The van der Waals surface area contributed by atoms with E-state index in [9.17, 15) is 9.59 Å². The van der Waals surface area contributed by atoms with Crippen LogP contribution in [0.3, 0.4) is 0 Å². The molecule has 0 saturated carbocycles. The van der Waals surface area contributed by atoms with Crippen LogP contribution in [0.4, 0.5) is 0 Å². The van der Waals surface area contributed by atoms with Gasteiger partial charge in [0.05, 0.1) is 17.6 Å². The number of aliphatic imine (C=N–C) groups is 1. The Kier molecular flexibility index (Phi) is 7.80. The van der Waals surface area contributed by atoms with E-state index in [0.29, 0.717) is 18.1 Å². The van der Waals surface area contributed by atoms with E-state index in [0.717, 1.165) is 41.9 Å². The number of hydrogen-bond donors (Lipinski definition) is 4. The SMILES string of the molecule is CN=C(NCCCn1c(C)nc2ccccc21)NCc1ccc(C(=O)NCC(N)=O)cc1. The van der Waals surface area contributed by atoms with Gasteiger partial charge in [0.2, 0.25) is 5.91 Å². The number of aryl methyl sites for hydroxylation is 2. The average molecular weight is 436 g/mol. The third-order valence-corrected chi connectivity index (χ3v) is 5.02. The van der Waals surface area contributed by atoms with Crippen molar-refractivity contribution in [3.05, 3.63) is 65.5 Å². The lowest BCUT2D eigenvalue weighted by Crippen LogP contribution is -2.37. The molecule has 0 unspecified atom stereocenters. The highest BCUT2D eigenvalue weighted by molar-refractivity contribution is 5.96. The Morgan fingerprint density at radius 3 is 2.53 bits per heavy atom. The lowest BCUT2D eigenvalue weighted by molar-refractivity contribution is -0.117. The van der Waals surface area contributed by atoms with Gasteiger partial charge in [-0.05, 0) is 43.2 Å². The van der Waals surface area contributed by atoms with Crippen molar-refractivity contribution < 1.29 is 9.59 Å². The van der Waals surface area contributed by atoms with Crippen molar-refractivity contribution in [3.8, 4) is 0 Å². The number of nitrogens with two attached hydrogens (primary N) is 1. The molecule has 2 aromatic carbocycles. The molecular formula is C23H29N7O2. The number of benzene rings is 2. The zero-order valence-electron chi connectivity index (χ0n) is 18.4. The van der Waals surface area contributed by atoms with Crippen LogP contribution in [-0.2, 0) is 17.9 Å². The minimum atomic E-state index is -0.577. The lowest BCUT2D eigenvalue weighted by atomic mass is 10.1. The summed E-state index contributed by atoms with van der Waals surface area (Å²) in [6.07, 6.45) is 0.928. The van der Waals surface area contributed by atoms with Gasteiger partial charge in [-0.1, -0.05) is 24.3 Å². The van der Waals surface area contributed by atoms with Gasteiger partial charge in [-0.3, -0.25) is 14.6 Å². The number of hydrogen-bond acceptors (Lipinski definition) is 4. The summed E-state index contributed by atoms with van der Waals surface area (Å²) in [7, 11) is 1.73. The first-order chi connectivity index (χ1) is 15.5. The second-order valence-electron chi connectivity index (χ2n) is 7.35. The van der Waals surface area contributed by atoms with Gasteiger partial charge in [-0.25, -0.2) is 4.98 Å². The Morgan fingerprint density at radius 2 is 1.81 bits per heavy atom. The zero-order chi connectivity index (χ0) is 22.9. The molecule has 3 aromatic rings. The predicted octanol–water partition coefficient (Wildman–Crippen LogP) is 1.32. The summed E-state index contributed by atoms with van der Waals surface area (Å²) in [6, 6.07) is 15.3. The molecule has 0 radical (unpaired) electrons. The highest BCUT2D eigenvalue weighted by Gasteiger charge is 2.08. The topological polar surface area (TPSA) is 126 Å². The van der Waals surface area contributed by atoms with Crippen LogP contribution in [0.25, 0.3) is 11.0 Å². The Morgan fingerprint density at radius 1 is 1.06 bits per heavy atom. The van der Waals surface area contributed by atoms with Gasteiger partial charge in [0.1, 0.15) is 5.82 Å². The fourth-order valence-corrected chi connectivity index (χ4v) is 3.37. The van der Waals surface area contributed by atoms with E-state index in [2.05, 4.69) is 36.6 Å². The molecule has 9 nitrogen and oxygen atoms in total. The number of fused-ring (bicyclic) bond motifs is 1. The van der Waals surface area contributed by atoms with Gasteiger partial charge in [0.25, 0.3) is 5.91 Å². The van der Waals surface area contributed by atoms with Crippen molar-refractivity contribution in [3.63, 3.8) is 0 Å². The highest BCUT2D eigenvalue weighted by atomic mass is 16.2. The molecule has 0 fully saturated rings. The number of rotatable bonds is 9. The van der Waals surface area contributed by atoms with E-state index < -0.39 is 5.91 Å². The Bertz CT molecular complexity index is 1100. The first kappa shape index (κ1) is 22.8. The monoisotopic (exact) mass is 435 g/mol. The van der Waals surface area contributed by atoms with Crippen molar-refractivity contribution in [2.75, 3.05) is 20.1 Å². The molecule has 168 valence electrons. The second-order valence-corrected chi connectivity index (χ2v) is 7.35. The summed E-state index contributed by atoms with van der Waals surface area (Å²) < 4.78 is 2.23. The second kappa shape index (κ2) is 10.9.